The number of fused-ring (bicyclic) bond motifs is 1. The molecule has 1 heterocycles. The second-order valence-corrected chi connectivity index (χ2v) is 8.41. The molecule has 0 aromatic heterocycles. The average molecular weight is 362 g/mol. The van der Waals surface area contributed by atoms with Gasteiger partial charge in [0, 0.05) is 23.5 Å². The molecule has 2 aromatic rings. The van der Waals surface area contributed by atoms with Crippen LogP contribution in [0.15, 0.2) is 58.3 Å². The van der Waals surface area contributed by atoms with Crippen LogP contribution < -0.4 is 10.0 Å². The van der Waals surface area contributed by atoms with Crippen molar-refractivity contribution in [2.75, 3.05) is 11.1 Å². The van der Waals surface area contributed by atoms with Gasteiger partial charge in [-0.25, -0.2) is 13.1 Å². The molecule has 5 nitrogen and oxygen atoms in total. The van der Waals surface area contributed by atoms with Gasteiger partial charge in [0.1, 0.15) is 0 Å². The molecule has 1 atom stereocenters. The summed E-state index contributed by atoms with van der Waals surface area (Å²) in [6.45, 7) is 1.41. The van der Waals surface area contributed by atoms with E-state index >= 15 is 0 Å². The van der Waals surface area contributed by atoms with E-state index in [0.29, 0.717) is 5.69 Å². The lowest BCUT2D eigenvalue weighted by atomic mass is 10.1. The molecule has 0 aliphatic carbocycles. The molecule has 1 aliphatic rings. The summed E-state index contributed by atoms with van der Waals surface area (Å²) in [6.07, 6.45) is 0.755. The van der Waals surface area contributed by atoms with Crippen LogP contribution >= 0.6 is 11.8 Å². The van der Waals surface area contributed by atoms with Gasteiger partial charge in [-0.05, 0) is 48.1 Å². The number of carbonyl (C=O) groups excluding carboxylic acids is 1. The molecule has 1 amide bonds. The van der Waals surface area contributed by atoms with Crippen molar-refractivity contribution < 1.29 is 13.2 Å². The molecular weight excluding hydrogens is 344 g/mol. The van der Waals surface area contributed by atoms with Gasteiger partial charge in [-0.3, -0.25) is 4.79 Å². The first-order chi connectivity index (χ1) is 11.5. The zero-order valence-electron chi connectivity index (χ0n) is 13.2. The molecule has 1 aliphatic heterocycles. The van der Waals surface area contributed by atoms with Gasteiger partial charge >= 0.3 is 0 Å². The molecule has 0 saturated heterocycles. The summed E-state index contributed by atoms with van der Waals surface area (Å²) in [4.78, 5) is 12.3. The minimum absolute atomic E-state index is 0.187. The third-order valence-electron chi connectivity index (χ3n) is 3.74. The summed E-state index contributed by atoms with van der Waals surface area (Å²) >= 11 is 1.75. The van der Waals surface area contributed by atoms with Crippen LogP contribution in [0.2, 0.25) is 0 Å². The van der Waals surface area contributed by atoms with Gasteiger partial charge in [0.15, 0.2) is 0 Å². The Labute approximate surface area is 145 Å². The molecule has 0 saturated carbocycles. The Morgan fingerprint density at radius 1 is 1.12 bits per heavy atom. The molecule has 126 valence electrons. The fourth-order valence-corrected chi connectivity index (χ4v) is 5.02. The predicted molar refractivity (Wildman–Crippen MR) is 95.6 cm³/mol. The Kier molecular flexibility index (Phi) is 4.93. The molecule has 0 fully saturated rings. The molecule has 7 heteroatoms. The van der Waals surface area contributed by atoms with E-state index in [1.54, 1.807) is 23.9 Å². The molecule has 24 heavy (non-hydrogen) atoms. The van der Waals surface area contributed by atoms with Gasteiger partial charge in [-0.2, -0.15) is 0 Å². The lowest BCUT2D eigenvalue weighted by molar-refractivity contribution is -0.114. The van der Waals surface area contributed by atoms with Gasteiger partial charge in [0.05, 0.1) is 4.90 Å². The summed E-state index contributed by atoms with van der Waals surface area (Å²) in [5.41, 5.74) is 1.59. The number of rotatable bonds is 4. The van der Waals surface area contributed by atoms with Crippen LogP contribution in [-0.2, 0) is 14.8 Å². The molecule has 3 rings (SSSR count). The van der Waals surface area contributed by atoms with Crippen molar-refractivity contribution in [1.82, 2.24) is 4.72 Å². The lowest BCUT2D eigenvalue weighted by Crippen LogP contribution is -2.30. The molecule has 0 unspecified atom stereocenters. The second-order valence-electron chi connectivity index (χ2n) is 5.55. The zero-order valence-corrected chi connectivity index (χ0v) is 14.8. The predicted octanol–water partition coefficient (Wildman–Crippen LogP) is 3.16. The Morgan fingerprint density at radius 3 is 2.54 bits per heavy atom. The Morgan fingerprint density at radius 2 is 1.83 bits per heavy atom. The third-order valence-corrected chi connectivity index (χ3v) is 6.35. The van der Waals surface area contributed by atoms with Crippen LogP contribution in [0, 0.1) is 0 Å². The highest BCUT2D eigenvalue weighted by Crippen LogP contribution is 2.36. The van der Waals surface area contributed by atoms with E-state index in [9.17, 15) is 13.2 Å². The summed E-state index contributed by atoms with van der Waals surface area (Å²) < 4.78 is 28.1. The molecule has 2 aromatic carbocycles. The van der Waals surface area contributed by atoms with Gasteiger partial charge in [-0.15, -0.1) is 11.8 Å². The topological polar surface area (TPSA) is 75.3 Å². The minimum Gasteiger partial charge on any atom is -0.326 e. The fraction of sp³-hybridized carbons (Fsp3) is 0.235. The molecule has 0 bridgehead atoms. The molecular formula is C17H18N2O3S2. The van der Waals surface area contributed by atoms with Crippen LogP contribution in [0.5, 0.6) is 0 Å². The van der Waals surface area contributed by atoms with E-state index in [1.165, 1.54) is 19.1 Å². The Balaban J connectivity index is 1.81. The van der Waals surface area contributed by atoms with Gasteiger partial charge in [0.25, 0.3) is 0 Å². The number of amides is 1. The number of sulfonamides is 1. The van der Waals surface area contributed by atoms with Crippen molar-refractivity contribution in [3.05, 3.63) is 54.1 Å². The maximum absolute atomic E-state index is 12.6. The van der Waals surface area contributed by atoms with Crippen LogP contribution in [0.1, 0.15) is 24.9 Å². The van der Waals surface area contributed by atoms with Crippen molar-refractivity contribution in [2.24, 2.45) is 0 Å². The van der Waals surface area contributed by atoms with Crippen molar-refractivity contribution in [3.63, 3.8) is 0 Å². The smallest absolute Gasteiger partial charge is 0.241 e. The van der Waals surface area contributed by atoms with E-state index in [1.807, 2.05) is 24.3 Å². The first kappa shape index (κ1) is 17.0. The van der Waals surface area contributed by atoms with Gasteiger partial charge < -0.3 is 5.32 Å². The monoisotopic (exact) mass is 362 g/mol. The number of benzene rings is 2. The standard InChI is InChI=1S/C17H18N2O3S2/c1-12(20)18-13-6-8-14(9-7-13)24(21,22)19-16-10-11-23-17-5-3-2-4-15(16)17/h2-9,16,19H,10-11H2,1H3,(H,18,20)/t16-/m0/s1. The number of hydrogen-bond donors (Lipinski definition) is 2. The summed E-state index contributed by atoms with van der Waals surface area (Å²) in [5, 5.41) is 2.62. The fourth-order valence-electron chi connectivity index (χ4n) is 2.64. The normalized spacial score (nSPS) is 17.1. The molecule has 0 spiro atoms. The first-order valence-corrected chi connectivity index (χ1v) is 10.0. The Hall–Kier alpha value is -1.83. The maximum atomic E-state index is 12.6. The summed E-state index contributed by atoms with van der Waals surface area (Å²) in [5.74, 6) is 0.686. The first-order valence-electron chi connectivity index (χ1n) is 7.57. The molecule has 2 N–H and O–H groups in total. The number of hydrogen-bond acceptors (Lipinski definition) is 4. The third kappa shape index (κ3) is 3.80. The number of carbonyl (C=O) groups is 1. The number of nitrogens with one attached hydrogen (secondary N) is 2. The Bertz CT molecular complexity index is 848. The van der Waals surface area contributed by atoms with E-state index < -0.39 is 10.0 Å². The largest absolute Gasteiger partial charge is 0.326 e. The number of anilines is 1. The highest BCUT2D eigenvalue weighted by Gasteiger charge is 2.25. The van der Waals surface area contributed by atoms with E-state index in [2.05, 4.69) is 10.0 Å². The van der Waals surface area contributed by atoms with Crippen molar-refractivity contribution in [3.8, 4) is 0 Å². The molecule has 0 radical (unpaired) electrons. The van der Waals surface area contributed by atoms with Crippen LogP contribution in [-0.4, -0.2) is 20.1 Å². The van der Waals surface area contributed by atoms with Crippen molar-refractivity contribution in [2.45, 2.75) is 29.2 Å². The zero-order chi connectivity index (χ0) is 17.2. The van der Waals surface area contributed by atoms with Crippen LogP contribution in [0.3, 0.4) is 0 Å². The second kappa shape index (κ2) is 6.96. The number of thioether (sulfide) groups is 1. The quantitative estimate of drug-likeness (QED) is 0.876. The lowest BCUT2D eigenvalue weighted by Gasteiger charge is -2.25. The van der Waals surface area contributed by atoms with Crippen molar-refractivity contribution >= 4 is 33.4 Å². The van der Waals surface area contributed by atoms with E-state index in [4.69, 9.17) is 0 Å². The maximum Gasteiger partial charge on any atom is 0.241 e. The summed E-state index contributed by atoms with van der Waals surface area (Å²) in [7, 11) is -3.62. The summed E-state index contributed by atoms with van der Waals surface area (Å²) in [6, 6.07) is 13.8. The SMILES string of the molecule is CC(=O)Nc1ccc(S(=O)(=O)N[C@H]2CCSc3ccccc32)cc1. The van der Waals surface area contributed by atoms with Gasteiger partial charge in [-0.1, -0.05) is 18.2 Å². The van der Waals surface area contributed by atoms with Crippen molar-refractivity contribution in [1.29, 1.82) is 0 Å². The van der Waals surface area contributed by atoms with Gasteiger partial charge in [0.2, 0.25) is 15.9 Å². The van der Waals surface area contributed by atoms with Crippen LogP contribution in [0.25, 0.3) is 0 Å². The van der Waals surface area contributed by atoms with E-state index in [-0.39, 0.29) is 16.8 Å². The van der Waals surface area contributed by atoms with Crippen LogP contribution in [0.4, 0.5) is 5.69 Å². The van der Waals surface area contributed by atoms with E-state index in [0.717, 1.165) is 22.6 Å². The highest BCUT2D eigenvalue weighted by molar-refractivity contribution is 7.99. The minimum atomic E-state index is -3.62. The highest BCUT2D eigenvalue weighted by atomic mass is 32.2. The average Bonchev–Trinajstić information content (AvgIpc) is 2.55.